The second-order valence-electron chi connectivity index (χ2n) is 6.76. The van der Waals surface area contributed by atoms with Gasteiger partial charge in [0.25, 0.3) is 5.91 Å². The van der Waals surface area contributed by atoms with Gasteiger partial charge in [0.05, 0.1) is 0 Å². The highest BCUT2D eigenvalue weighted by molar-refractivity contribution is 6.04. The maximum atomic E-state index is 12.7. The molecule has 1 heterocycles. The maximum Gasteiger partial charge on any atom is 0.274 e. The van der Waals surface area contributed by atoms with Gasteiger partial charge in [-0.25, -0.2) is 9.97 Å². The van der Waals surface area contributed by atoms with E-state index in [0.29, 0.717) is 17.7 Å². The molecule has 1 saturated carbocycles. The summed E-state index contributed by atoms with van der Waals surface area (Å²) in [6.07, 6.45) is 5.63. The first-order valence-electron chi connectivity index (χ1n) is 9.09. The molecule has 1 aliphatic rings. The van der Waals surface area contributed by atoms with E-state index in [4.69, 9.17) is 0 Å². The molecular weight excluding hydrogens is 312 g/mol. The van der Waals surface area contributed by atoms with Crippen molar-refractivity contribution >= 4 is 17.5 Å². The number of carbonyl (C=O) groups excluding carboxylic acids is 1. The van der Waals surface area contributed by atoms with Crippen LogP contribution in [0.4, 0.5) is 11.6 Å². The number of carbonyl (C=O) groups is 1. The topological polar surface area (TPSA) is 66.9 Å². The normalized spacial score (nSPS) is 14.5. The third-order valence-electron chi connectivity index (χ3n) is 4.75. The number of nitrogens with one attached hydrogen (secondary N) is 2. The minimum absolute atomic E-state index is 0.191. The summed E-state index contributed by atoms with van der Waals surface area (Å²) in [5, 5.41) is 6.41. The molecule has 0 saturated heterocycles. The number of nitrogens with zero attached hydrogens (tertiary/aromatic N) is 2. The lowest BCUT2D eigenvalue weighted by Gasteiger charge is -2.15. The fraction of sp³-hybridized carbons (Fsp3) is 0.450. The van der Waals surface area contributed by atoms with Crippen LogP contribution in [0.2, 0.25) is 0 Å². The monoisotopic (exact) mass is 338 g/mol. The highest BCUT2D eigenvalue weighted by atomic mass is 16.1. The first-order valence-corrected chi connectivity index (χ1v) is 9.09. The molecule has 132 valence electrons. The Kier molecular flexibility index (Phi) is 5.31. The molecule has 1 amide bonds. The minimum atomic E-state index is -0.191. The van der Waals surface area contributed by atoms with Gasteiger partial charge in [-0.2, -0.15) is 0 Å². The van der Waals surface area contributed by atoms with Gasteiger partial charge in [0.15, 0.2) is 0 Å². The third-order valence-corrected chi connectivity index (χ3v) is 4.75. The zero-order chi connectivity index (χ0) is 17.8. The van der Waals surface area contributed by atoms with E-state index in [1.54, 1.807) is 6.07 Å². The van der Waals surface area contributed by atoms with Crippen molar-refractivity contribution in [3.8, 4) is 0 Å². The van der Waals surface area contributed by atoms with Crippen molar-refractivity contribution in [3.05, 3.63) is 46.8 Å². The lowest BCUT2D eigenvalue weighted by atomic mass is 10.1. The summed E-state index contributed by atoms with van der Waals surface area (Å²) in [5.41, 5.74) is 4.27. The number of aromatic nitrogens is 2. The summed E-state index contributed by atoms with van der Waals surface area (Å²) < 4.78 is 0. The van der Waals surface area contributed by atoms with Crippen molar-refractivity contribution in [1.82, 2.24) is 9.97 Å². The van der Waals surface area contributed by atoms with Crippen LogP contribution in [0.5, 0.6) is 0 Å². The predicted octanol–water partition coefficient (Wildman–Crippen LogP) is 4.26. The van der Waals surface area contributed by atoms with Gasteiger partial charge in [0, 0.05) is 17.4 Å². The summed E-state index contributed by atoms with van der Waals surface area (Å²) in [7, 11) is 0. The van der Waals surface area contributed by atoms with Crippen molar-refractivity contribution in [2.75, 3.05) is 10.6 Å². The molecule has 1 aliphatic carbocycles. The SMILES string of the molecule is CCc1cccc(C)c1NC(=O)c1cc(C)nc(NC2CCCC2)n1. The van der Waals surface area contributed by atoms with E-state index in [1.807, 2.05) is 32.0 Å². The molecule has 1 fully saturated rings. The van der Waals surface area contributed by atoms with Crippen LogP contribution in [0.1, 0.15) is 59.9 Å². The van der Waals surface area contributed by atoms with Crippen molar-refractivity contribution < 1.29 is 4.79 Å². The van der Waals surface area contributed by atoms with Gasteiger partial charge in [0.1, 0.15) is 5.69 Å². The van der Waals surface area contributed by atoms with Crippen LogP contribution < -0.4 is 10.6 Å². The van der Waals surface area contributed by atoms with Crippen LogP contribution in [0.15, 0.2) is 24.3 Å². The van der Waals surface area contributed by atoms with Gasteiger partial charge in [-0.1, -0.05) is 38.0 Å². The molecule has 3 rings (SSSR count). The van der Waals surface area contributed by atoms with Gasteiger partial charge >= 0.3 is 0 Å². The zero-order valence-electron chi connectivity index (χ0n) is 15.2. The van der Waals surface area contributed by atoms with Crippen molar-refractivity contribution in [2.24, 2.45) is 0 Å². The van der Waals surface area contributed by atoms with E-state index in [0.717, 1.165) is 41.8 Å². The molecule has 2 N–H and O–H groups in total. The van der Waals surface area contributed by atoms with E-state index in [1.165, 1.54) is 12.8 Å². The molecule has 1 aromatic carbocycles. The van der Waals surface area contributed by atoms with Crippen molar-refractivity contribution in [3.63, 3.8) is 0 Å². The van der Waals surface area contributed by atoms with Gasteiger partial charge in [-0.3, -0.25) is 4.79 Å². The molecule has 2 aromatic rings. The van der Waals surface area contributed by atoms with Crippen molar-refractivity contribution in [2.45, 2.75) is 58.9 Å². The average Bonchev–Trinajstić information content (AvgIpc) is 3.09. The molecule has 25 heavy (non-hydrogen) atoms. The van der Waals surface area contributed by atoms with E-state index < -0.39 is 0 Å². The molecule has 0 radical (unpaired) electrons. The highest BCUT2D eigenvalue weighted by Crippen LogP contribution is 2.23. The predicted molar refractivity (Wildman–Crippen MR) is 101 cm³/mol. The molecule has 0 unspecified atom stereocenters. The Morgan fingerprint density at radius 2 is 1.96 bits per heavy atom. The Balaban J connectivity index is 1.81. The highest BCUT2D eigenvalue weighted by Gasteiger charge is 2.18. The van der Waals surface area contributed by atoms with Crippen LogP contribution in [0.25, 0.3) is 0 Å². The zero-order valence-corrected chi connectivity index (χ0v) is 15.2. The number of amides is 1. The second kappa shape index (κ2) is 7.64. The molecule has 5 heteroatoms. The van der Waals surface area contributed by atoms with E-state index >= 15 is 0 Å². The molecule has 0 spiro atoms. The van der Waals surface area contributed by atoms with E-state index in [-0.39, 0.29) is 5.91 Å². The van der Waals surface area contributed by atoms with E-state index in [2.05, 4.69) is 27.5 Å². The summed E-state index contributed by atoms with van der Waals surface area (Å²) in [6.45, 7) is 5.99. The van der Waals surface area contributed by atoms with Gasteiger partial charge in [0.2, 0.25) is 5.95 Å². The molecule has 0 atom stereocenters. The first-order chi connectivity index (χ1) is 12.1. The Hall–Kier alpha value is -2.43. The minimum Gasteiger partial charge on any atom is -0.351 e. The Labute approximate surface area is 149 Å². The number of aryl methyl sites for hydroxylation is 3. The fourth-order valence-electron chi connectivity index (χ4n) is 3.38. The summed E-state index contributed by atoms with van der Waals surface area (Å²) in [6, 6.07) is 8.22. The number of benzene rings is 1. The van der Waals surface area contributed by atoms with Gasteiger partial charge < -0.3 is 10.6 Å². The lowest BCUT2D eigenvalue weighted by molar-refractivity contribution is 0.102. The van der Waals surface area contributed by atoms with Crippen molar-refractivity contribution in [1.29, 1.82) is 0 Å². The smallest absolute Gasteiger partial charge is 0.274 e. The van der Waals surface area contributed by atoms with Crippen LogP contribution in [0.3, 0.4) is 0 Å². The third kappa shape index (κ3) is 4.16. The average molecular weight is 338 g/mol. The molecule has 1 aromatic heterocycles. The van der Waals surface area contributed by atoms with Gasteiger partial charge in [-0.05, 0) is 50.3 Å². The molecule has 0 bridgehead atoms. The van der Waals surface area contributed by atoms with Crippen LogP contribution >= 0.6 is 0 Å². The van der Waals surface area contributed by atoms with Gasteiger partial charge in [-0.15, -0.1) is 0 Å². The summed E-state index contributed by atoms with van der Waals surface area (Å²) in [5.74, 6) is 0.363. The summed E-state index contributed by atoms with van der Waals surface area (Å²) in [4.78, 5) is 21.6. The number of hydrogen-bond acceptors (Lipinski definition) is 4. The van der Waals surface area contributed by atoms with Crippen LogP contribution in [0, 0.1) is 13.8 Å². The maximum absolute atomic E-state index is 12.7. The Bertz CT molecular complexity index is 766. The van der Waals surface area contributed by atoms with Crippen LogP contribution in [-0.4, -0.2) is 21.9 Å². The number of rotatable bonds is 5. The molecule has 0 aliphatic heterocycles. The fourth-order valence-corrected chi connectivity index (χ4v) is 3.38. The number of hydrogen-bond donors (Lipinski definition) is 2. The standard InChI is InChI=1S/C20H26N4O/c1-4-15-9-7-8-13(2)18(15)24-19(25)17-12-14(3)21-20(23-17)22-16-10-5-6-11-16/h7-9,12,16H,4-6,10-11H2,1-3H3,(H,24,25)(H,21,22,23). The molecular formula is C20H26N4O. The first kappa shape index (κ1) is 17.4. The Morgan fingerprint density at radius 3 is 2.68 bits per heavy atom. The largest absolute Gasteiger partial charge is 0.351 e. The number of para-hydroxylation sites is 1. The quantitative estimate of drug-likeness (QED) is 0.855. The summed E-state index contributed by atoms with van der Waals surface area (Å²) >= 11 is 0. The van der Waals surface area contributed by atoms with Crippen LogP contribution in [-0.2, 0) is 6.42 Å². The number of anilines is 2. The Morgan fingerprint density at radius 1 is 1.20 bits per heavy atom. The second-order valence-corrected chi connectivity index (χ2v) is 6.76. The molecule has 5 nitrogen and oxygen atoms in total. The van der Waals surface area contributed by atoms with E-state index in [9.17, 15) is 4.79 Å². The lowest BCUT2D eigenvalue weighted by Crippen LogP contribution is -2.20.